The van der Waals surface area contributed by atoms with Gasteiger partial charge in [-0.25, -0.2) is 9.59 Å². The number of carbonyl (C=O) groups excluding carboxylic acids is 2. The second kappa shape index (κ2) is 16.4. The average Bonchev–Trinajstić information content (AvgIpc) is 3.07. The number of amides is 4. The number of benzene rings is 2. The van der Waals surface area contributed by atoms with E-state index in [0.717, 1.165) is 87.2 Å². The molecule has 0 bridgehead atoms. The predicted octanol–water partition coefficient (Wildman–Crippen LogP) is 8.66. The Morgan fingerprint density at radius 2 is 0.913 bits per heavy atom. The Morgan fingerprint density at radius 3 is 1.26 bits per heavy atom. The van der Waals surface area contributed by atoms with E-state index in [-0.39, 0.29) is 12.1 Å². The fraction of sp³-hybridized carbons (Fsp3) is 0.632. The Morgan fingerprint density at radius 1 is 0.543 bits per heavy atom. The van der Waals surface area contributed by atoms with Gasteiger partial charge in [-0.1, -0.05) is 44.9 Å². The Labute approximate surface area is 277 Å². The van der Waals surface area contributed by atoms with Crippen molar-refractivity contribution in [2.75, 3.05) is 61.7 Å². The van der Waals surface area contributed by atoms with E-state index in [2.05, 4.69) is 54.5 Å². The van der Waals surface area contributed by atoms with E-state index >= 15 is 0 Å². The fourth-order valence-electron chi connectivity index (χ4n) is 7.95. The molecule has 46 heavy (non-hydrogen) atoms. The zero-order chi connectivity index (χ0) is 32.5. The molecule has 2 aromatic carbocycles. The highest BCUT2D eigenvalue weighted by atomic mass is 16.2. The van der Waals surface area contributed by atoms with Crippen LogP contribution in [0.15, 0.2) is 48.5 Å². The molecular formula is C38H58N6O2. The number of nitrogens with zero attached hydrogens (tertiary/aromatic N) is 4. The van der Waals surface area contributed by atoms with Gasteiger partial charge in [0.2, 0.25) is 0 Å². The highest BCUT2D eigenvalue weighted by Gasteiger charge is 2.33. The van der Waals surface area contributed by atoms with E-state index in [1.165, 1.54) is 38.5 Å². The zero-order valence-electron chi connectivity index (χ0n) is 28.8. The van der Waals surface area contributed by atoms with Crippen LogP contribution in [0.25, 0.3) is 0 Å². The van der Waals surface area contributed by atoms with Crippen LogP contribution in [0.4, 0.5) is 32.3 Å². The number of anilines is 4. The summed E-state index contributed by atoms with van der Waals surface area (Å²) in [7, 11) is 8.11. The molecule has 252 valence electrons. The minimum absolute atomic E-state index is 0.0371. The van der Waals surface area contributed by atoms with E-state index in [9.17, 15) is 9.59 Å². The number of hydrogen-bond acceptors (Lipinski definition) is 4. The van der Waals surface area contributed by atoms with Crippen molar-refractivity contribution in [3.63, 3.8) is 0 Å². The van der Waals surface area contributed by atoms with Crippen LogP contribution < -0.4 is 20.4 Å². The molecule has 5 rings (SSSR count). The first-order chi connectivity index (χ1) is 22.3. The summed E-state index contributed by atoms with van der Waals surface area (Å²) in [5.41, 5.74) is 3.94. The zero-order valence-corrected chi connectivity index (χ0v) is 28.8. The van der Waals surface area contributed by atoms with Gasteiger partial charge in [0.05, 0.1) is 0 Å². The van der Waals surface area contributed by atoms with Crippen molar-refractivity contribution in [1.82, 2.24) is 9.80 Å². The second-order valence-corrected chi connectivity index (χ2v) is 14.5. The van der Waals surface area contributed by atoms with Gasteiger partial charge in [0.25, 0.3) is 0 Å². The van der Waals surface area contributed by atoms with Crippen LogP contribution in [-0.2, 0) is 0 Å². The van der Waals surface area contributed by atoms with E-state index in [4.69, 9.17) is 0 Å². The predicted molar refractivity (Wildman–Crippen MR) is 192 cm³/mol. The molecule has 8 nitrogen and oxygen atoms in total. The molecule has 0 aromatic heterocycles. The van der Waals surface area contributed by atoms with Crippen molar-refractivity contribution in [2.45, 2.75) is 102 Å². The third kappa shape index (κ3) is 9.32. The number of urea groups is 2. The molecule has 0 saturated heterocycles. The molecule has 3 aliphatic carbocycles. The SMILES string of the molecule is CN(C)c1ccc(NC(=O)N(C[C@H]2CCC[C@H](CN(C(=O)Nc3ccc(N(C)C)cc3)C3CCCCC3)C2)C2CCCCC2)cc1. The minimum atomic E-state index is 0.0371. The van der Waals surface area contributed by atoms with Gasteiger partial charge in [0.15, 0.2) is 0 Å². The fourth-order valence-corrected chi connectivity index (χ4v) is 7.95. The van der Waals surface area contributed by atoms with Gasteiger partial charge in [-0.15, -0.1) is 0 Å². The summed E-state index contributed by atoms with van der Waals surface area (Å²) in [6.07, 6.45) is 16.2. The highest BCUT2D eigenvalue weighted by Crippen LogP contribution is 2.34. The van der Waals surface area contributed by atoms with Gasteiger partial charge in [-0.05, 0) is 105 Å². The first-order valence-corrected chi connectivity index (χ1v) is 18.0. The molecule has 8 heteroatoms. The molecule has 0 unspecified atom stereocenters. The van der Waals surface area contributed by atoms with E-state index in [1.807, 2.05) is 52.5 Å². The van der Waals surface area contributed by atoms with Crippen LogP contribution in [0.2, 0.25) is 0 Å². The molecule has 0 aliphatic heterocycles. The first kappa shape index (κ1) is 33.9. The Hall–Kier alpha value is -3.42. The standard InChI is InChI=1S/C38H58N6O2/c1-41(2)33-22-18-31(19-23-33)39-37(45)43(35-14-7-5-8-15-35)27-29-12-11-13-30(26-29)28-44(36-16-9-6-10-17-36)38(46)40-32-20-24-34(25-21-32)42(3)4/h18-25,29-30,35-36H,5-17,26-28H2,1-4H3,(H,39,45)(H,40,46)/t29-,30-/m0/s1. The summed E-state index contributed by atoms with van der Waals surface area (Å²) >= 11 is 0. The van der Waals surface area contributed by atoms with E-state index < -0.39 is 0 Å². The molecule has 2 aromatic rings. The lowest BCUT2D eigenvalue weighted by Crippen LogP contribution is -2.48. The summed E-state index contributed by atoms with van der Waals surface area (Å²) in [4.78, 5) is 36.2. The molecule has 3 saturated carbocycles. The van der Waals surface area contributed by atoms with Crippen LogP contribution in [0, 0.1) is 11.8 Å². The van der Waals surface area contributed by atoms with Crippen LogP contribution in [0.1, 0.15) is 89.9 Å². The maximum atomic E-state index is 13.8. The van der Waals surface area contributed by atoms with Gasteiger partial charge in [0.1, 0.15) is 0 Å². The molecular weight excluding hydrogens is 572 g/mol. The van der Waals surface area contributed by atoms with E-state index in [0.29, 0.717) is 23.9 Å². The van der Waals surface area contributed by atoms with Gasteiger partial charge in [-0.3, -0.25) is 0 Å². The molecule has 3 aliphatic rings. The molecule has 0 heterocycles. The van der Waals surface area contributed by atoms with Crippen LogP contribution >= 0.6 is 0 Å². The van der Waals surface area contributed by atoms with Crippen LogP contribution in [-0.4, -0.2) is 75.2 Å². The largest absolute Gasteiger partial charge is 0.378 e. The second-order valence-electron chi connectivity index (χ2n) is 14.5. The van der Waals surface area contributed by atoms with Crippen LogP contribution in [0.3, 0.4) is 0 Å². The maximum absolute atomic E-state index is 13.8. The monoisotopic (exact) mass is 630 g/mol. The van der Waals surface area contributed by atoms with Crippen molar-refractivity contribution in [2.24, 2.45) is 11.8 Å². The molecule has 4 amide bonds. The Kier molecular flexibility index (Phi) is 12.1. The quantitative estimate of drug-likeness (QED) is 0.276. The highest BCUT2D eigenvalue weighted by molar-refractivity contribution is 5.90. The smallest absolute Gasteiger partial charge is 0.322 e. The van der Waals surface area contributed by atoms with Crippen molar-refractivity contribution in [1.29, 1.82) is 0 Å². The lowest BCUT2D eigenvalue weighted by atomic mass is 9.80. The average molecular weight is 631 g/mol. The van der Waals surface area contributed by atoms with Gasteiger partial charge in [0, 0.05) is 76.1 Å². The molecule has 0 radical (unpaired) electrons. The number of nitrogens with one attached hydrogen (secondary N) is 2. The van der Waals surface area contributed by atoms with Crippen LogP contribution in [0.5, 0.6) is 0 Å². The summed E-state index contributed by atoms with van der Waals surface area (Å²) in [5, 5.41) is 6.47. The number of hydrogen-bond donors (Lipinski definition) is 2. The molecule has 3 fully saturated rings. The molecule has 2 atom stereocenters. The third-order valence-electron chi connectivity index (χ3n) is 10.6. The first-order valence-electron chi connectivity index (χ1n) is 18.0. The maximum Gasteiger partial charge on any atom is 0.322 e. The van der Waals surface area contributed by atoms with Crippen molar-refractivity contribution < 1.29 is 9.59 Å². The topological polar surface area (TPSA) is 71.2 Å². The summed E-state index contributed by atoms with van der Waals surface area (Å²) < 4.78 is 0. The summed E-state index contributed by atoms with van der Waals surface area (Å²) in [5.74, 6) is 0.912. The molecule has 2 N–H and O–H groups in total. The number of carbonyl (C=O) groups is 2. The molecule has 0 spiro atoms. The van der Waals surface area contributed by atoms with Crippen molar-refractivity contribution in [3.05, 3.63) is 48.5 Å². The lowest BCUT2D eigenvalue weighted by molar-refractivity contribution is 0.111. The lowest BCUT2D eigenvalue weighted by Gasteiger charge is -2.41. The van der Waals surface area contributed by atoms with Crippen molar-refractivity contribution in [3.8, 4) is 0 Å². The van der Waals surface area contributed by atoms with Crippen molar-refractivity contribution >= 4 is 34.8 Å². The van der Waals surface area contributed by atoms with Gasteiger partial charge < -0.3 is 30.2 Å². The van der Waals surface area contributed by atoms with Gasteiger partial charge >= 0.3 is 12.1 Å². The minimum Gasteiger partial charge on any atom is -0.378 e. The van der Waals surface area contributed by atoms with Gasteiger partial charge in [-0.2, -0.15) is 0 Å². The summed E-state index contributed by atoms with van der Waals surface area (Å²) in [6.45, 7) is 1.60. The third-order valence-corrected chi connectivity index (χ3v) is 10.6. The Balaban J connectivity index is 1.24. The normalized spacial score (nSPS) is 20.9. The summed E-state index contributed by atoms with van der Waals surface area (Å²) in [6, 6.07) is 16.9. The van der Waals surface area contributed by atoms with E-state index in [1.54, 1.807) is 0 Å². The number of rotatable bonds is 10. The Bertz CT molecular complexity index is 1140.